The summed E-state index contributed by atoms with van der Waals surface area (Å²) in [6.07, 6.45) is 7.89. The zero-order valence-electron chi connectivity index (χ0n) is 16.5. The average Bonchev–Trinajstić information content (AvgIpc) is 3.09. The number of aromatic nitrogens is 1. The predicted molar refractivity (Wildman–Crippen MR) is 116 cm³/mol. The summed E-state index contributed by atoms with van der Waals surface area (Å²) >= 11 is 0. The number of nitrogens with zero attached hydrogens (tertiary/aromatic N) is 2. The number of piperidine rings is 1. The highest BCUT2D eigenvalue weighted by Gasteiger charge is 2.20. The quantitative estimate of drug-likeness (QED) is 0.870. The maximum atomic E-state index is 5.10. The average molecular weight is 360 g/mol. The molecule has 2 aliphatic heterocycles. The molecular formula is C24H29N3. The highest BCUT2D eigenvalue weighted by Crippen LogP contribution is 2.23. The zero-order chi connectivity index (χ0) is 18.8. The van der Waals surface area contributed by atoms with Crippen LogP contribution in [0.1, 0.15) is 51.5 Å². The molecular weight excluding hydrogens is 330 g/mol. The summed E-state index contributed by atoms with van der Waals surface area (Å²) in [5, 5.41) is 2.47. The van der Waals surface area contributed by atoms with E-state index >= 15 is 0 Å². The van der Waals surface area contributed by atoms with Crippen LogP contribution in [0.3, 0.4) is 0 Å². The molecule has 0 unspecified atom stereocenters. The number of aromatic amines is 1. The lowest BCUT2D eigenvalue weighted by atomic mass is 10.0. The summed E-state index contributed by atoms with van der Waals surface area (Å²) in [6.45, 7) is 10.8. The summed E-state index contributed by atoms with van der Waals surface area (Å²) in [5.74, 6) is 1.12. The Morgan fingerprint density at radius 3 is 2.48 bits per heavy atom. The van der Waals surface area contributed by atoms with E-state index in [2.05, 4.69) is 60.6 Å². The van der Waals surface area contributed by atoms with Crippen molar-refractivity contribution in [3.63, 3.8) is 0 Å². The van der Waals surface area contributed by atoms with Gasteiger partial charge in [0.1, 0.15) is 0 Å². The Morgan fingerprint density at radius 2 is 1.78 bits per heavy atom. The molecule has 3 heteroatoms. The lowest BCUT2D eigenvalue weighted by Gasteiger charge is -2.29. The zero-order valence-corrected chi connectivity index (χ0v) is 16.5. The Labute approximate surface area is 161 Å². The van der Waals surface area contributed by atoms with Crippen molar-refractivity contribution in [2.24, 2.45) is 4.99 Å². The van der Waals surface area contributed by atoms with Crippen LogP contribution in [-0.2, 0) is 0 Å². The van der Waals surface area contributed by atoms with E-state index in [4.69, 9.17) is 4.99 Å². The van der Waals surface area contributed by atoms with Crippen molar-refractivity contribution in [1.82, 2.24) is 9.88 Å². The van der Waals surface area contributed by atoms with Crippen LogP contribution in [0.5, 0.6) is 0 Å². The maximum Gasteiger partial charge on any atom is 0.152 e. The van der Waals surface area contributed by atoms with E-state index in [1.807, 2.05) is 6.08 Å². The van der Waals surface area contributed by atoms with Crippen LogP contribution in [0, 0.1) is 0 Å². The Balaban J connectivity index is 2.08. The first-order valence-electron chi connectivity index (χ1n) is 10.1. The number of rotatable bonds is 3. The number of fused-ring (bicyclic) bond motifs is 1. The van der Waals surface area contributed by atoms with Crippen LogP contribution in [0.4, 0.5) is 0 Å². The van der Waals surface area contributed by atoms with Crippen molar-refractivity contribution in [2.45, 2.75) is 46.0 Å². The maximum absolute atomic E-state index is 5.10. The normalized spacial score (nSPS) is 23.8. The van der Waals surface area contributed by atoms with E-state index in [-0.39, 0.29) is 0 Å². The van der Waals surface area contributed by atoms with Crippen LogP contribution in [-0.4, -0.2) is 28.7 Å². The van der Waals surface area contributed by atoms with Gasteiger partial charge in [0.15, 0.2) is 5.82 Å². The third kappa shape index (κ3) is 3.39. The molecule has 27 heavy (non-hydrogen) atoms. The second kappa shape index (κ2) is 7.59. The fraction of sp³-hybridized carbons (Fsp3) is 0.375. The van der Waals surface area contributed by atoms with E-state index in [0.717, 1.165) is 37.4 Å². The SMILES string of the molecule is C=Cc1c(-c2ccccc2)[nH]c2/c1=C(\C)CC/C(C)=N\C=2N1CCCCC1. The molecule has 0 saturated carbocycles. The van der Waals surface area contributed by atoms with Crippen molar-refractivity contribution in [2.75, 3.05) is 13.1 Å². The first kappa shape index (κ1) is 17.8. The molecule has 140 valence electrons. The van der Waals surface area contributed by atoms with E-state index < -0.39 is 0 Å². The van der Waals surface area contributed by atoms with Gasteiger partial charge in [-0.25, -0.2) is 4.99 Å². The molecule has 3 heterocycles. The van der Waals surface area contributed by atoms with Crippen LogP contribution in [0.15, 0.2) is 41.9 Å². The number of H-pyrrole nitrogens is 1. The smallest absolute Gasteiger partial charge is 0.152 e. The highest BCUT2D eigenvalue weighted by molar-refractivity contribution is 5.87. The van der Waals surface area contributed by atoms with Gasteiger partial charge in [0, 0.05) is 29.6 Å². The molecule has 2 aromatic rings. The van der Waals surface area contributed by atoms with Gasteiger partial charge in [-0.2, -0.15) is 0 Å². The van der Waals surface area contributed by atoms with Crippen molar-refractivity contribution in [1.29, 1.82) is 0 Å². The second-order valence-electron chi connectivity index (χ2n) is 7.73. The topological polar surface area (TPSA) is 31.4 Å². The summed E-state index contributed by atoms with van der Waals surface area (Å²) in [7, 11) is 0. The van der Waals surface area contributed by atoms with Crippen molar-refractivity contribution in [3.8, 4) is 11.3 Å². The number of hydrogen-bond acceptors (Lipinski definition) is 2. The molecule has 4 rings (SSSR count). The van der Waals surface area contributed by atoms with Crippen LogP contribution in [0.2, 0.25) is 0 Å². The molecule has 1 aromatic heterocycles. The van der Waals surface area contributed by atoms with E-state index in [1.165, 1.54) is 52.2 Å². The number of nitrogens with one attached hydrogen (secondary N) is 1. The third-order valence-electron chi connectivity index (χ3n) is 5.77. The molecule has 0 amide bonds. The molecule has 1 fully saturated rings. The molecule has 0 radical (unpaired) electrons. The number of hydrogen-bond donors (Lipinski definition) is 1. The minimum atomic E-state index is 1.02. The first-order chi connectivity index (χ1) is 13.2. The predicted octanol–water partition coefficient (Wildman–Crippen LogP) is 4.30. The first-order valence-corrected chi connectivity index (χ1v) is 10.1. The van der Waals surface area contributed by atoms with E-state index in [1.54, 1.807) is 0 Å². The molecule has 0 spiro atoms. The minimum absolute atomic E-state index is 1.02. The summed E-state index contributed by atoms with van der Waals surface area (Å²) in [4.78, 5) is 11.3. The Bertz CT molecular complexity index is 986. The van der Waals surface area contributed by atoms with Crippen molar-refractivity contribution >= 4 is 23.2 Å². The fourth-order valence-electron chi connectivity index (χ4n) is 4.28. The Morgan fingerprint density at radius 1 is 1.04 bits per heavy atom. The Hall–Kier alpha value is -2.55. The summed E-state index contributed by atoms with van der Waals surface area (Å²) in [6, 6.07) is 10.6. The molecule has 1 aromatic carbocycles. The van der Waals surface area contributed by atoms with Gasteiger partial charge in [-0.15, -0.1) is 0 Å². The van der Waals surface area contributed by atoms with Gasteiger partial charge in [-0.3, -0.25) is 0 Å². The fourth-order valence-corrected chi connectivity index (χ4v) is 4.28. The van der Waals surface area contributed by atoms with Crippen LogP contribution >= 0.6 is 0 Å². The lowest BCUT2D eigenvalue weighted by molar-refractivity contribution is 0.319. The van der Waals surface area contributed by atoms with Crippen molar-refractivity contribution in [3.05, 3.63) is 53.0 Å². The van der Waals surface area contributed by atoms with Gasteiger partial charge >= 0.3 is 0 Å². The largest absolute Gasteiger partial charge is 0.355 e. The van der Waals surface area contributed by atoms with E-state index in [0.29, 0.717) is 0 Å². The number of likely N-dealkylation sites (tertiary alicyclic amines) is 1. The van der Waals surface area contributed by atoms with Gasteiger partial charge < -0.3 is 9.88 Å². The number of aliphatic imine (C=N–C) groups is 1. The molecule has 0 bridgehead atoms. The number of benzene rings is 1. The van der Waals surface area contributed by atoms with Gasteiger partial charge in [0.25, 0.3) is 0 Å². The minimum Gasteiger partial charge on any atom is -0.355 e. The Kier molecular flexibility index (Phi) is 5.02. The van der Waals surface area contributed by atoms with Crippen molar-refractivity contribution < 1.29 is 0 Å². The van der Waals surface area contributed by atoms with Gasteiger partial charge in [-0.1, -0.05) is 48.6 Å². The molecule has 2 aliphatic rings. The van der Waals surface area contributed by atoms with Crippen LogP contribution < -0.4 is 10.6 Å². The molecule has 3 nitrogen and oxygen atoms in total. The second-order valence-corrected chi connectivity index (χ2v) is 7.73. The lowest BCUT2D eigenvalue weighted by Crippen LogP contribution is -2.38. The van der Waals surface area contributed by atoms with Gasteiger partial charge in [-0.05, 0) is 51.5 Å². The molecule has 0 aliphatic carbocycles. The summed E-state index contributed by atoms with van der Waals surface area (Å²) < 4.78 is 0. The monoisotopic (exact) mass is 359 g/mol. The summed E-state index contributed by atoms with van der Waals surface area (Å²) in [5.41, 5.74) is 6.20. The third-order valence-corrected chi connectivity index (χ3v) is 5.77. The van der Waals surface area contributed by atoms with E-state index in [9.17, 15) is 0 Å². The van der Waals surface area contributed by atoms with Gasteiger partial charge in [0.05, 0.1) is 11.0 Å². The highest BCUT2D eigenvalue weighted by atomic mass is 15.2. The van der Waals surface area contributed by atoms with Crippen LogP contribution in [0.25, 0.3) is 28.7 Å². The molecule has 0 atom stereocenters. The van der Waals surface area contributed by atoms with Gasteiger partial charge in [0.2, 0.25) is 0 Å². The molecule has 1 N–H and O–H groups in total. The standard InChI is InChI=1S/C24H29N3/c1-4-20-21-17(2)13-14-18(3)25-24(27-15-9-6-10-16-27)23(21)26-22(20)19-11-7-5-8-12-19/h4-5,7-8,11-12,26H,1,6,9-10,13-16H2,2-3H3/b21-17+,24-23-,25-18-. The molecule has 1 saturated heterocycles.